The van der Waals surface area contributed by atoms with E-state index in [1.165, 1.54) is 19.0 Å². The number of nitrogens with zero attached hydrogens (tertiary/aromatic N) is 3. The van der Waals surface area contributed by atoms with E-state index < -0.39 is 0 Å². The van der Waals surface area contributed by atoms with Crippen LogP contribution >= 0.6 is 11.8 Å². The minimum absolute atomic E-state index is 0.381. The Balaban J connectivity index is 2.29. The summed E-state index contributed by atoms with van der Waals surface area (Å²) in [6.45, 7) is 5.48. The molecule has 0 aromatic carbocycles. The second-order valence-electron chi connectivity index (χ2n) is 4.92. The van der Waals surface area contributed by atoms with Crippen LogP contribution in [0.3, 0.4) is 0 Å². The number of esters is 1. The van der Waals surface area contributed by atoms with Gasteiger partial charge in [0.2, 0.25) is 0 Å². The first kappa shape index (κ1) is 17.5. The lowest BCUT2D eigenvalue weighted by Gasteiger charge is -2.07. The molecule has 2 aromatic rings. The lowest BCUT2D eigenvalue weighted by atomic mass is 10.2. The highest BCUT2D eigenvalue weighted by atomic mass is 32.2. The number of carbonyl (C=O) groups is 1. The van der Waals surface area contributed by atoms with Crippen LogP contribution in [-0.4, -0.2) is 34.4 Å². The van der Waals surface area contributed by atoms with Gasteiger partial charge >= 0.3 is 5.97 Å². The summed E-state index contributed by atoms with van der Waals surface area (Å²) in [5.41, 5.74) is 8.35. The molecule has 7 heteroatoms. The van der Waals surface area contributed by atoms with Crippen molar-refractivity contribution in [2.24, 2.45) is 5.73 Å². The summed E-state index contributed by atoms with van der Waals surface area (Å²) >= 11 is 1.58. The van der Waals surface area contributed by atoms with Crippen LogP contribution in [0.4, 0.5) is 0 Å². The van der Waals surface area contributed by atoms with Gasteiger partial charge in [-0.3, -0.25) is 4.68 Å². The van der Waals surface area contributed by atoms with E-state index in [0.717, 1.165) is 28.5 Å². The van der Waals surface area contributed by atoms with E-state index >= 15 is 0 Å². The van der Waals surface area contributed by atoms with E-state index in [-0.39, 0.29) is 5.97 Å². The number of methoxy groups -OCH3 is 1. The number of aromatic nitrogens is 3. The van der Waals surface area contributed by atoms with Gasteiger partial charge in [0.15, 0.2) is 0 Å². The van der Waals surface area contributed by atoms with Gasteiger partial charge in [-0.2, -0.15) is 5.10 Å². The van der Waals surface area contributed by atoms with E-state index in [9.17, 15) is 4.79 Å². The number of hydrogen-bond acceptors (Lipinski definition) is 6. The van der Waals surface area contributed by atoms with Crippen LogP contribution in [0.2, 0.25) is 0 Å². The van der Waals surface area contributed by atoms with Crippen molar-refractivity contribution in [2.45, 2.75) is 43.2 Å². The van der Waals surface area contributed by atoms with E-state index in [4.69, 9.17) is 5.73 Å². The molecule has 0 aliphatic heterocycles. The summed E-state index contributed by atoms with van der Waals surface area (Å²) in [4.78, 5) is 17.0. The van der Waals surface area contributed by atoms with Crippen LogP contribution in [0.25, 0.3) is 0 Å². The largest absolute Gasteiger partial charge is 0.465 e. The fourth-order valence-corrected chi connectivity index (χ4v) is 3.44. The van der Waals surface area contributed by atoms with Crippen LogP contribution in [0.15, 0.2) is 28.3 Å². The van der Waals surface area contributed by atoms with Crippen molar-refractivity contribution in [3.63, 3.8) is 0 Å². The van der Waals surface area contributed by atoms with Crippen molar-refractivity contribution in [3.05, 3.63) is 35.3 Å². The zero-order valence-electron chi connectivity index (χ0n) is 13.7. The quantitative estimate of drug-likeness (QED) is 0.782. The third kappa shape index (κ3) is 3.92. The van der Waals surface area contributed by atoms with Gasteiger partial charge < -0.3 is 10.5 Å². The molecule has 6 nitrogen and oxygen atoms in total. The molecule has 0 spiro atoms. The third-order valence-corrected chi connectivity index (χ3v) is 4.58. The summed E-state index contributed by atoms with van der Waals surface area (Å²) < 4.78 is 6.68. The fraction of sp³-hybridized carbons (Fsp3) is 0.438. The Morgan fingerprint density at radius 3 is 2.65 bits per heavy atom. The topological polar surface area (TPSA) is 83.0 Å². The van der Waals surface area contributed by atoms with E-state index in [1.807, 2.05) is 10.7 Å². The van der Waals surface area contributed by atoms with Crippen LogP contribution < -0.4 is 5.73 Å². The molecule has 2 rings (SSSR count). The summed E-state index contributed by atoms with van der Waals surface area (Å²) in [7, 11) is 1.36. The molecule has 0 saturated carbocycles. The van der Waals surface area contributed by atoms with Gasteiger partial charge in [0, 0.05) is 12.7 Å². The molecule has 0 fully saturated rings. The van der Waals surface area contributed by atoms with Crippen LogP contribution in [-0.2, 0) is 24.1 Å². The molecule has 0 aliphatic carbocycles. The SMILES string of the molecule is CCc1nn(CCN)c(CC)c1Sc1ccc(C(=O)OC)cn1. The highest BCUT2D eigenvalue weighted by Gasteiger charge is 2.17. The minimum atomic E-state index is -0.381. The molecule has 2 N–H and O–H groups in total. The average molecular weight is 334 g/mol. The number of pyridine rings is 1. The number of ether oxygens (including phenoxy) is 1. The molecule has 2 aromatic heterocycles. The zero-order chi connectivity index (χ0) is 16.8. The maximum Gasteiger partial charge on any atom is 0.339 e. The predicted octanol–water partition coefficient (Wildman–Crippen LogP) is 2.30. The lowest BCUT2D eigenvalue weighted by Crippen LogP contribution is -2.13. The highest BCUT2D eigenvalue weighted by Crippen LogP contribution is 2.33. The number of rotatable bonds is 7. The Morgan fingerprint density at radius 2 is 2.13 bits per heavy atom. The van der Waals surface area contributed by atoms with Crippen molar-refractivity contribution >= 4 is 17.7 Å². The molecule has 0 amide bonds. The van der Waals surface area contributed by atoms with Gasteiger partial charge in [0.25, 0.3) is 0 Å². The summed E-state index contributed by atoms with van der Waals surface area (Å²) in [5, 5.41) is 5.49. The molecular weight excluding hydrogens is 312 g/mol. The number of carbonyl (C=O) groups excluding carboxylic acids is 1. The Hall–Kier alpha value is -1.86. The molecule has 124 valence electrons. The third-order valence-electron chi connectivity index (χ3n) is 3.45. The molecule has 0 radical (unpaired) electrons. The first-order chi connectivity index (χ1) is 11.1. The van der Waals surface area contributed by atoms with E-state index in [2.05, 4.69) is 28.7 Å². The monoisotopic (exact) mass is 334 g/mol. The van der Waals surface area contributed by atoms with Crippen molar-refractivity contribution in [1.82, 2.24) is 14.8 Å². The summed E-state index contributed by atoms with van der Waals surface area (Å²) in [5.74, 6) is -0.381. The first-order valence-corrected chi connectivity index (χ1v) is 8.47. The molecule has 0 saturated heterocycles. The van der Waals surface area contributed by atoms with Crippen molar-refractivity contribution in [1.29, 1.82) is 0 Å². The maximum atomic E-state index is 11.5. The molecule has 0 aliphatic rings. The maximum absolute atomic E-state index is 11.5. The lowest BCUT2D eigenvalue weighted by molar-refractivity contribution is 0.0600. The Kier molecular flexibility index (Phi) is 6.18. The molecule has 0 atom stereocenters. The number of nitrogens with two attached hydrogens (primary N) is 1. The molecular formula is C16H22N4O2S. The van der Waals surface area contributed by atoms with Gasteiger partial charge in [-0.15, -0.1) is 0 Å². The van der Waals surface area contributed by atoms with Crippen molar-refractivity contribution in [3.8, 4) is 0 Å². The van der Waals surface area contributed by atoms with Gasteiger partial charge in [-0.05, 0) is 25.0 Å². The second kappa shape index (κ2) is 8.12. The van der Waals surface area contributed by atoms with Crippen LogP contribution in [0.1, 0.15) is 35.6 Å². The highest BCUT2D eigenvalue weighted by molar-refractivity contribution is 7.99. The van der Waals surface area contributed by atoms with Gasteiger partial charge in [-0.25, -0.2) is 9.78 Å². The Bertz CT molecular complexity index is 667. The minimum Gasteiger partial charge on any atom is -0.465 e. The number of aryl methyl sites for hydroxylation is 1. The summed E-state index contributed by atoms with van der Waals surface area (Å²) in [6, 6.07) is 3.55. The zero-order valence-corrected chi connectivity index (χ0v) is 14.5. The Morgan fingerprint density at radius 1 is 1.35 bits per heavy atom. The first-order valence-electron chi connectivity index (χ1n) is 7.65. The summed E-state index contributed by atoms with van der Waals surface area (Å²) in [6.07, 6.45) is 3.28. The smallest absolute Gasteiger partial charge is 0.339 e. The average Bonchev–Trinajstić information content (AvgIpc) is 2.91. The van der Waals surface area contributed by atoms with Crippen LogP contribution in [0.5, 0.6) is 0 Å². The fourth-order valence-electron chi connectivity index (χ4n) is 2.32. The standard InChI is InChI=1S/C16H22N4O2S/c1-4-12-15(13(5-2)20(19-12)9-8-17)23-14-7-6-11(10-18-14)16(21)22-3/h6-7,10H,4-5,8-9,17H2,1-3H3. The molecule has 0 unspecified atom stereocenters. The van der Waals surface area contributed by atoms with Gasteiger partial charge in [-0.1, -0.05) is 25.6 Å². The van der Waals surface area contributed by atoms with Crippen molar-refractivity contribution < 1.29 is 9.53 Å². The number of hydrogen-bond donors (Lipinski definition) is 1. The van der Waals surface area contributed by atoms with Gasteiger partial charge in [0.1, 0.15) is 5.03 Å². The van der Waals surface area contributed by atoms with Crippen molar-refractivity contribution in [2.75, 3.05) is 13.7 Å². The second-order valence-corrected chi connectivity index (χ2v) is 5.95. The van der Waals surface area contributed by atoms with E-state index in [1.54, 1.807) is 17.8 Å². The molecule has 0 bridgehead atoms. The molecule has 23 heavy (non-hydrogen) atoms. The van der Waals surface area contributed by atoms with Gasteiger partial charge in [0.05, 0.1) is 35.5 Å². The van der Waals surface area contributed by atoms with E-state index in [0.29, 0.717) is 18.7 Å². The molecule has 2 heterocycles. The normalized spacial score (nSPS) is 10.8. The van der Waals surface area contributed by atoms with Crippen LogP contribution in [0, 0.1) is 0 Å². The Labute approximate surface area is 140 Å². The predicted molar refractivity (Wildman–Crippen MR) is 89.7 cm³/mol.